The van der Waals surface area contributed by atoms with E-state index in [1.165, 1.54) is 0 Å². The molecule has 0 spiro atoms. The van der Waals surface area contributed by atoms with Crippen molar-refractivity contribution in [2.24, 2.45) is 0 Å². The van der Waals surface area contributed by atoms with E-state index in [4.69, 9.17) is 4.98 Å². The Kier molecular flexibility index (Phi) is 5.61. The van der Waals surface area contributed by atoms with Crippen LogP contribution in [-0.2, 0) is 16.0 Å². The van der Waals surface area contributed by atoms with Crippen LogP contribution in [0.4, 0.5) is 0 Å². The van der Waals surface area contributed by atoms with Crippen molar-refractivity contribution in [2.75, 3.05) is 11.6 Å². The Labute approximate surface area is 180 Å². The maximum Gasteiger partial charge on any atom is 0.261 e. The number of para-hydroxylation sites is 1. The number of fused-ring (bicyclic) bond motifs is 1. The van der Waals surface area contributed by atoms with E-state index in [0.717, 1.165) is 12.8 Å². The molecule has 8 heteroatoms. The summed E-state index contributed by atoms with van der Waals surface area (Å²) < 4.78 is 1.78. The second-order valence-electron chi connectivity index (χ2n) is 9.07. The van der Waals surface area contributed by atoms with Crippen molar-refractivity contribution >= 4 is 34.5 Å². The van der Waals surface area contributed by atoms with E-state index < -0.39 is 6.04 Å². The minimum Gasteiger partial charge on any atom is -0.350 e. The zero-order chi connectivity index (χ0) is 21.5. The van der Waals surface area contributed by atoms with Crippen LogP contribution in [0.25, 0.3) is 10.9 Å². The molecule has 1 saturated heterocycles. The van der Waals surface area contributed by atoms with E-state index in [1.807, 2.05) is 39.0 Å². The normalized spacial score (nSPS) is 19.3. The predicted molar refractivity (Wildman–Crippen MR) is 118 cm³/mol. The Morgan fingerprint density at radius 2 is 1.97 bits per heavy atom. The molecule has 30 heavy (non-hydrogen) atoms. The SMILES string of the molecule is CC(C)(C)NC(=O)C1CSCN1C(=O)CCc1nc2ccccc2c(=O)n1C1CC1. The van der Waals surface area contributed by atoms with Crippen molar-refractivity contribution in [3.8, 4) is 0 Å². The molecule has 1 atom stereocenters. The highest BCUT2D eigenvalue weighted by atomic mass is 32.2. The summed E-state index contributed by atoms with van der Waals surface area (Å²) in [4.78, 5) is 44.9. The number of hydrogen-bond donors (Lipinski definition) is 1. The summed E-state index contributed by atoms with van der Waals surface area (Å²) in [5.41, 5.74) is 0.305. The highest BCUT2D eigenvalue weighted by Gasteiger charge is 2.36. The third-order valence-corrected chi connectivity index (χ3v) is 6.37. The average Bonchev–Trinajstić information content (AvgIpc) is 3.38. The van der Waals surface area contributed by atoms with E-state index in [0.29, 0.717) is 34.8 Å². The summed E-state index contributed by atoms with van der Waals surface area (Å²) >= 11 is 1.59. The number of nitrogens with one attached hydrogen (secondary N) is 1. The molecule has 1 aromatic heterocycles. The number of amides is 2. The fourth-order valence-electron chi connectivity index (χ4n) is 3.80. The van der Waals surface area contributed by atoms with E-state index in [2.05, 4.69) is 5.32 Å². The summed E-state index contributed by atoms with van der Waals surface area (Å²) in [5.74, 6) is 1.60. The fraction of sp³-hybridized carbons (Fsp3) is 0.545. The first-order valence-corrected chi connectivity index (χ1v) is 11.6. The molecule has 1 aromatic carbocycles. The molecule has 1 N–H and O–H groups in total. The zero-order valence-corrected chi connectivity index (χ0v) is 18.5. The Bertz CT molecular complexity index is 1040. The lowest BCUT2D eigenvalue weighted by Gasteiger charge is -2.27. The molecule has 1 aliphatic carbocycles. The van der Waals surface area contributed by atoms with Gasteiger partial charge in [0.2, 0.25) is 11.8 Å². The van der Waals surface area contributed by atoms with Gasteiger partial charge in [0.1, 0.15) is 11.9 Å². The molecule has 0 bridgehead atoms. The number of hydrogen-bond acceptors (Lipinski definition) is 5. The molecule has 2 heterocycles. The maximum atomic E-state index is 13.0. The highest BCUT2D eigenvalue weighted by Crippen LogP contribution is 2.35. The number of rotatable bonds is 5. The van der Waals surface area contributed by atoms with Gasteiger partial charge in [0.05, 0.1) is 16.8 Å². The van der Waals surface area contributed by atoms with Crippen molar-refractivity contribution in [1.82, 2.24) is 19.8 Å². The lowest BCUT2D eigenvalue weighted by molar-refractivity contribution is -0.138. The van der Waals surface area contributed by atoms with Gasteiger partial charge in [-0.15, -0.1) is 11.8 Å². The van der Waals surface area contributed by atoms with Crippen molar-refractivity contribution in [2.45, 2.75) is 64.1 Å². The zero-order valence-electron chi connectivity index (χ0n) is 17.7. The van der Waals surface area contributed by atoms with Gasteiger partial charge in [0.25, 0.3) is 5.56 Å². The van der Waals surface area contributed by atoms with Crippen LogP contribution in [0.1, 0.15) is 51.9 Å². The summed E-state index contributed by atoms with van der Waals surface area (Å²) in [6.07, 6.45) is 2.57. The van der Waals surface area contributed by atoms with E-state index >= 15 is 0 Å². The number of nitrogens with zero attached hydrogens (tertiary/aromatic N) is 3. The molecular formula is C22H28N4O3S. The van der Waals surface area contributed by atoms with Crippen LogP contribution in [0.15, 0.2) is 29.1 Å². The Hall–Kier alpha value is -2.35. The molecule has 2 amide bonds. The van der Waals surface area contributed by atoms with Gasteiger partial charge in [-0.05, 0) is 45.7 Å². The Morgan fingerprint density at radius 1 is 1.23 bits per heavy atom. The van der Waals surface area contributed by atoms with Gasteiger partial charge in [-0.2, -0.15) is 0 Å². The number of carbonyl (C=O) groups is 2. The first-order chi connectivity index (χ1) is 14.2. The molecule has 1 aliphatic heterocycles. The van der Waals surface area contributed by atoms with Crippen molar-refractivity contribution in [1.29, 1.82) is 0 Å². The first kappa shape index (κ1) is 20.9. The van der Waals surface area contributed by atoms with E-state index in [-0.39, 0.29) is 35.4 Å². The van der Waals surface area contributed by atoms with Gasteiger partial charge in [0, 0.05) is 30.2 Å². The van der Waals surface area contributed by atoms with E-state index in [9.17, 15) is 14.4 Å². The maximum absolute atomic E-state index is 13.0. The molecule has 7 nitrogen and oxygen atoms in total. The molecule has 1 saturated carbocycles. The van der Waals surface area contributed by atoms with Gasteiger partial charge in [0.15, 0.2) is 0 Å². The van der Waals surface area contributed by atoms with Crippen LogP contribution in [0.5, 0.6) is 0 Å². The minimum absolute atomic E-state index is 0.0234. The van der Waals surface area contributed by atoms with Gasteiger partial charge >= 0.3 is 0 Å². The average molecular weight is 429 g/mol. The second-order valence-corrected chi connectivity index (χ2v) is 10.1. The van der Waals surface area contributed by atoms with E-state index in [1.54, 1.807) is 27.3 Å². The second kappa shape index (κ2) is 8.06. The smallest absolute Gasteiger partial charge is 0.261 e. The third kappa shape index (κ3) is 4.38. The predicted octanol–water partition coefficient (Wildman–Crippen LogP) is 2.48. The lowest BCUT2D eigenvalue weighted by Crippen LogP contribution is -2.52. The molecular weight excluding hydrogens is 400 g/mol. The lowest BCUT2D eigenvalue weighted by atomic mass is 10.1. The quantitative estimate of drug-likeness (QED) is 0.791. The molecule has 2 aliphatic rings. The number of benzene rings is 1. The number of carbonyl (C=O) groups excluding carboxylic acids is 2. The topological polar surface area (TPSA) is 84.3 Å². The number of aryl methyl sites for hydroxylation is 1. The van der Waals surface area contributed by atoms with Crippen molar-refractivity contribution in [3.63, 3.8) is 0 Å². The van der Waals surface area contributed by atoms with Crippen molar-refractivity contribution in [3.05, 3.63) is 40.4 Å². The molecule has 160 valence electrons. The van der Waals surface area contributed by atoms with Crippen LogP contribution in [0, 0.1) is 0 Å². The summed E-state index contributed by atoms with van der Waals surface area (Å²) in [7, 11) is 0. The number of aromatic nitrogens is 2. The largest absolute Gasteiger partial charge is 0.350 e. The van der Waals surface area contributed by atoms with Crippen LogP contribution >= 0.6 is 11.8 Å². The minimum atomic E-state index is -0.447. The summed E-state index contributed by atoms with van der Waals surface area (Å²) in [6.45, 7) is 5.80. The van der Waals surface area contributed by atoms with Crippen LogP contribution in [0.3, 0.4) is 0 Å². The summed E-state index contributed by atoms with van der Waals surface area (Å²) in [6, 6.07) is 7.09. The first-order valence-electron chi connectivity index (χ1n) is 10.4. The number of thioether (sulfide) groups is 1. The van der Waals surface area contributed by atoms with Crippen LogP contribution in [0.2, 0.25) is 0 Å². The van der Waals surface area contributed by atoms with Crippen LogP contribution < -0.4 is 10.9 Å². The van der Waals surface area contributed by atoms with Crippen LogP contribution in [-0.4, -0.2) is 49.5 Å². The Balaban J connectivity index is 1.51. The third-order valence-electron chi connectivity index (χ3n) is 5.36. The molecule has 1 unspecified atom stereocenters. The van der Waals surface area contributed by atoms with Gasteiger partial charge in [-0.1, -0.05) is 12.1 Å². The van der Waals surface area contributed by atoms with Gasteiger partial charge < -0.3 is 10.2 Å². The fourth-order valence-corrected chi connectivity index (χ4v) is 4.98. The monoisotopic (exact) mass is 428 g/mol. The molecule has 2 aromatic rings. The van der Waals surface area contributed by atoms with Gasteiger partial charge in [-0.3, -0.25) is 19.0 Å². The highest BCUT2D eigenvalue weighted by molar-refractivity contribution is 7.99. The van der Waals surface area contributed by atoms with Crippen molar-refractivity contribution < 1.29 is 9.59 Å². The Morgan fingerprint density at radius 3 is 2.67 bits per heavy atom. The standard InChI is InChI=1S/C22H28N4O3S/c1-22(2,3)24-20(28)17-12-30-13-25(17)19(27)11-10-18-23-16-7-5-4-6-15(16)21(29)26(18)14-8-9-14/h4-7,14,17H,8-13H2,1-3H3,(H,24,28). The molecule has 0 radical (unpaired) electrons. The molecule has 2 fully saturated rings. The van der Waals surface area contributed by atoms with Gasteiger partial charge in [-0.25, -0.2) is 4.98 Å². The molecule has 4 rings (SSSR count). The summed E-state index contributed by atoms with van der Waals surface area (Å²) in [5, 5.41) is 3.60.